The van der Waals surface area contributed by atoms with Crippen molar-refractivity contribution >= 4 is 17.4 Å². The smallest absolute Gasteiger partial charge is 0.197 e. The van der Waals surface area contributed by atoms with Crippen LogP contribution in [0, 0.1) is 5.92 Å². The Hall–Kier alpha value is -1.23. The van der Waals surface area contributed by atoms with Crippen LogP contribution in [0.3, 0.4) is 0 Å². The Morgan fingerprint density at radius 3 is 3.24 bits per heavy atom. The Kier molecular flexibility index (Phi) is 2.93. The molecule has 4 nitrogen and oxygen atoms in total. The second-order valence-electron chi connectivity index (χ2n) is 4.48. The van der Waals surface area contributed by atoms with Crippen molar-refractivity contribution < 1.29 is 5.11 Å². The summed E-state index contributed by atoms with van der Waals surface area (Å²) < 4.78 is 1.65. The first-order chi connectivity index (χ1) is 8.33. The molecular formula is C12H15N3OS. The fourth-order valence-corrected chi connectivity index (χ4v) is 3.40. The van der Waals surface area contributed by atoms with Crippen molar-refractivity contribution in [3.05, 3.63) is 24.2 Å². The second kappa shape index (κ2) is 4.56. The highest BCUT2D eigenvalue weighted by Gasteiger charge is 2.17. The third-order valence-electron chi connectivity index (χ3n) is 3.11. The SMILES string of the molecule is Oc1cccn2nc(CC3CCCSC3)nc12. The molecule has 17 heavy (non-hydrogen) atoms. The second-order valence-corrected chi connectivity index (χ2v) is 5.63. The molecule has 5 heteroatoms. The Balaban J connectivity index is 1.83. The van der Waals surface area contributed by atoms with Crippen LogP contribution in [0.4, 0.5) is 0 Å². The average molecular weight is 249 g/mol. The lowest BCUT2D eigenvalue weighted by molar-refractivity contribution is 0.477. The molecule has 0 aliphatic carbocycles. The third-order valence-corrected chi connectivity index (χ3v) is 4.40. The van der Waals surface area contributed by atoms with Gasteiger partial charge in [0.1, 0.15) is 0 Å². The van der Waals surface area contributed by atoms with Crippen LogP contribution in [0.5, 0.6) is 5.75 Å². The van der Waals surface area contributed by atoms with Crippen molar-refractivity contribution in [2.75, 3.05) is 11.5 Å². The molecule has 1 saturated heterocycles. The summed E-state index contributed by atoms with van der Waals surface area (Å²) in [6.45, 7) is 0. The lowest BCUT2D eigenvalue weighted by Gasteiger charge is -2.19. The fraction of sp³-hybridized carbons (Fsp3) is 0.500. The van der Waals surface area contributed by atoms with Crippen LogP contribution in [-0.4, -0.2) is 31.2 Å². The molecule has 0 bridgehead atoms. The number of pyridine rings is 1. The summed E-state index contributed by atoms with van der Waals surface area (Å²) in [6.07, 6.45) is 5.32. The van der Waals surface area contributed by atoms with Gasteiger partial charge in [-0.25, -0.2) is 9.50 Å². The van der Waals surface area contributed by atoms with Crippen molar-refractivity contribution in [1.82, 2.24) is 14.6 Å². The number of hydrogen-bond acceptors (Lipinski definition) is 4. The van der Waals surface area contributed by atoms with E-state index in [0.717, 1.165) is 12.2 Å². The van der Waals surface area contributed by atoms with Gasteiger partial charge in [-0.05, 0) is 42.4 Å². The molecule has 1 aliphatic heterocycles. The highest BCUT2D eigenvalue weighted by molar-refractivity contribution is 7.99. The highest BCUT2D eigenvalue weighted by atomic mass is 32.2. The first-order valence-electron chi connectivity index (χ1n) is 5.94. The van der Waals surface area contributed by atoms with Crippen molar-refractivity contribution in [2.45, 2.75) is 19.3 Å². The van der Waals surface area contributed by atoms with Crippen LogP contribution >= 0.6 is 11.8 Å². The summed E-state index contributed by atoms with van der Waals surface area (Å²) in [6, 6.07) is 3.42. The summed E-state index contributed by atoms with van der Waals surface area (Å²) in [4.78, 5) is 4.40. The van der Waals surface area contributed by atoms with Crippen molar-refractivity contribution in [2.24, 2.45) is 5.92 Å². The van der Waals surface area contributed by atoms with Crippen LogP contribution in [0.2, 0.25) is 0 Å². The van der Waals surface area contributed by atoms with Crippen LogP contribution in [0.15, 0.2) is 18.3 Å². The molecule has 90 valence electrons. The van der Waals surface area contributed by atoms with Gasteiger partial charge in [0.05, 0.1) is 0 Å². The lowest BCUT2D eigenvalue weighted by Crippen LogP contribution is -2.13. The zero-order chi connectivity index (χ0) is 11.7. The van der Waals surface area contributed by atoms with Gasteiger partial charge in [0.15, 0.2) is 17.2 Å². The molecule has 0 amide bonds. The van der Waals surface area contributed by atoms with E-state index < -0.39 is 0 Å². The number of fused-ring (bicyclic) bond motifs is 1. The fourth-order valence-electron chi connectivity index (χ4n) is 2.25. The first kappa shape index (κ1) is 10.9. The number of thioether (sulfide) groups is 1. The van der Waals surface area contributed by atoms with E-state index in [2.05, 4.69) is 10.1 Å². The Labute approximate surface area is 104 Å². The van der Waals surface area contributed by atoms with Gasteiger partial charge in [-0.3, -0.25) is 0 Å². The lowest BCUT2D eigenvalue weighted by atomic mass is 10.0. The minimum absolute atomic E-state index is 0.198. The molecule has 0 radical (unpaired) electrons. The third kappa shape index (κ3) is 2.24. The maximum absolute atomic E-state index is 9.66. The zero-order valence-corrected chi connectivity index (χ0v) is 10.4. The molecule has 3 rings (SSSR count). The van der Waals surface area contributed by atoms with Crippen LogP contribution in [0.25, 0.3) is 5.65 Å². The highest BCUT2D eigenvalue weighted by Crippen LogP contribution is 2.25. The topological polar surface area (TPSA) is 50.4 Å². The van der Waals surface area contributed by atoms with Crippen molar-refractivity contribution in [3.8, 4) is 5.75 Å². The molecule has 1 N–H and O–H groups in total. The van der Waals surface area contributed by atoms with E-state index in [9.17, 15) is 5.11 Å². The summed E-state index contributed by atoms with van der Waals surface area (Å²) in [5.41, 5.74) is 0.561. The summed E-state index contributed by atoms with van der Waals surface area (Å²) in [5.74, 6) is 4.23. The zero-order valence-electron chi connectivity index (χ0n) is 9.54. The number of hydrogen-bond donors (Lipinski definition) is 1. The van der Waals surface area contributed by atoms with Gasteiger partial charge < -0.3 is 5.11 Å². The van der Waals surface area contributed by atoms with Crippen LogP contribution in [0.1, 0.15) is 18.7 Å². The summed E-state index contributed by atoms with van der Waals surface area (Å²) in [7, 11) is 0. The monoisotopic (exact) mass is 249 g/mol. The molecule has 0 aromatic carbocycles. The van der Waals surface area contributed by atoms with E-state index >= 15 is 0 Å². The van der Waals surface area contributed by atoms with E-state index in [1.54, 1.807) is 16.6 Å². The quantitative estimate of drug-likeness (QED) is 0.885. The largest absolute Gasteiger partial charge is 0.504 e. The Morgan fingerprint density at radius 2 is 2.47 bits per heavy atom. The molecule has 1 atom stereocenters. The molecular weight excluding hydrogens is 234 g/mol. The van der Waals surface area contributed by atoms with Crippen molar-refractivity contribution in [1.29, 1.82) is 0 Å². The van der Waals surface area contributed by atoms with Crippen LogP contribution in [-0.2, 0) is 6.42 Å². The number of nitrogens with zero attached hydrogens (tertiary/aromatic N) is 3. The number of aromatic hydroxyl groups is 1. The molecule has 2 aromatic heterocycles. The molecule has 1 unspecified atom stereocenters. The van der Waals surface area contributed by atoms with Gasteiger partial charge in [0.25, 0.3) is 0 Å². The van der Waals surface area contributed by atoms with Gasteiger partial charge in [-0.1, -0.05) is 0 Å². The summed E-state index contributed by atoms with van der Waals surface area (Å²) in [5, 5.41) is 14.1. The molecule has 2 aromatic rings. The van der Waals surface area contributed by atoms with Gasteiger partial charge in [0.2, 0.25) is 0 Å². The standard InChI is InChI=1S/C12H15N3OS/c16-10-4-1-5-15-12(10)13-11(14-15)7-9-3-2-6-17-8-9/h1,4-5,9,16H,2-3,6-8H2. The Bertz CT molecular complexity index is 519. The predicted octanol–water partition coefficient (Wildman–Crippen LogP) is 2.12. The van der Waals surface area contributed by atoms with Gasteiger partial charge in [-0.2, -0.15) is 16.9 Å². The van der Waals surface area contributed by atoms with E-state index in [-0.39, 0.29) is 5.75 Å². The molecule has 1 fully saturated rings. The van der Waals surface area contributed by atoms with Gasteiger partial charge in [-0.15, -0.1) is 0 Å². The van der Waals surface area contributed by atoms with Gasteiger partial charge >= 0.3 is 0 Å². The van der Waals surface area contributed by atoms with Crippen LogP contribution < -0.4 is 0 Å². The maximum Gasteiger partial charge on any atom is 0.197 e. The molecule has 1 aliphatic rings. The Morgan fingerprint density at radius 1 is 1.53 bits per heavy atom. The number of rotatable bonds is 2. The summed E-state index contributed by atoms with van der Waals surface area (Å²) >= 11 is 2.02. The minimum atomic E-state index is 0.198. The van der Waals surface area contributed by atoms with E-state index in [1.165, 1.54) is 24.3 Å². The predicted molar refractivity (Wildman–Crippen MR) is 68.4 cm³/mol. The molecule has 0 saturated carbocycles. The molecule has 3 heterocycles. The van der Waals surface area contributed by atoms with E-state index in [1.807, 2.05) is 18.0 Å². The van der Waals surface area contributed by atoms with Crippen molar-refractivity contribution in [3.63, 3.8) is 0 Å². The van der Waals surface area contributed by atoms with Gasteiger partial charge in [0, 0.05) is 12.6 Å². The van der Waals surface area contributed by atoms with E-state index in [4.69, 9.17) is 0 Å². The first-order valence-corrected chi connectivity index (χ1v) is 7.09. The number of aromatic nitrogens is 3. The maximum atomic E-state index is 9.66. The average Bonchev–Trinajstić information content (AvgIpc) is 2.74. The normalized spacial score (nSPS) is 20.8. The molecule has 0 spiro atoms. The van der Waals surface area contributed by atoms with E-state index in [0.29, 0.717) is 11.6 Å². The minimum Gasteiger partial charge on any atom is -0.504 e.